The SMILES string of the molecule is CC(c1nc2ccccc2[nH]1)C(C)(c1conn1)c1conn1. The minimum Gasteiger partial charge on any atom is -0.345 e. The zero-order chi connectivity index (χ0) is 15.9. The predicted molar refractivity (Wildman–Crippen MR) is 79.6 cm³/mol. The molecule has 0 saturated carbocycles. The van der Waals surface area contributed by atoms with Crippen molar-refractivity contribution >= 4 is 11.0 Å². The molecule has 1 unspecified atom stereocenters. The molecule has 0 amide bonds. The van der Waals surface area contributed by atoms with Gasteiger partial charge in [-0.05, 0) is 19.1 Å². The van der Waals surface area contributed by atoms with Crippen molar-refractivity contribution in [2.24, 2.45) is 0 Å². The van der Waals surface area contributed by atoms with Gasteiger partial charge in [0.25, 0.3) is 0 Å². The van der Waals surface area contributed by atoms with Crippen molar-refractivity contribution < 1.29 is 9.05 Å². The summed E-state index contributed by atoms with van der Waals surface area (Å²) >= 11 is 0. The zero-order valence-electron chi connectivity index (χ0n) is 12.6. The summed E-state index contributed by atoms with van der Waals surface area (Å²) in [5.41, 5.74) is 2.53. The Balaban J connectivity index is 1.86. The Hall–Kier alpha value is -3.03. The molecule has 0 radical (unpaired) electrons. The highest BCUT2D eigenvalue weighted by atomic mass is 16.5. The van der Waals surface area contributed by atoms with Crippen LogP contribution in [0, 0.1) is 0 Å². The second-order valence-corrected chi connectivity index (χ2v) is 5.64. The lowest BCUT2D eigenvalue weighted by atomic mass is 9.73. The summed E-state index contributed by atoms with van der Waals surface area (Å²) in [6.45, 7) is 4.03. The summed E-state index contributed by atoms with van der Waals surface area (Å²) in [5, 5.41) is 15.3. The average molecular weight is 310 g/mol. The molecule has 0 bridgehead atoms. The first kappa shape index (κ1) is 13.6. The molecule has 0 aliphatic heterocycles. The van der Waals surface area contributed by atoms with Gasteiger partial charge in [-0.2, -0.15) is 0 Å². The summed E-state index contributed by atoms with van der Waals surface area (Å²) in [4.78, 5) is 8.04. The lowest BCUT2D eigenvalue weighted by Crippen LogP contribution is -2.32. The molecule has 23 heavy (non-hydrogen) atoms. The Labute approximate surface area is 130 Å². The molecule has 3 heterocycles. The topological polar surface area (TPSA) is 107 Å². The monoisotopic (exact) mass is 310 g/mol. The second kappa shape index (κ2) is 5.01. The second-order valence-electron chi connectivity index (χ2n) is 5.64. The molecule has 116 valence electrons. The van der Waals surface area contributed by atoms with Crippen LogP contribution in [0.3, 0.4) is 0 Å². The molecule has 1 N–H and O–H groups in total. The molecule has 0 aliphatic carbocycles. The third-order valence-corrected chi connectivity index (χ3v) is 4.47. The van der Waals surface area contributed by atoms with Crippen LogP contribution in [-0.2, 0) is 5.41 Å². The number of imidazole rings is 1. The van der Waals surface area contributed by atoms with Crippen molar-refractivity contribution in [3.8, 4) is 0 Å². The molecule has 0 aliphatic rings. The molecule has 0 saturated heterocycles. The smallest absolute Gasteiger partial charge is 0.148 e. The zero-order valence-corrected chi connectivity index (χ0v) is 12.6. The highest BCUT2D eigenvalue weighted by molar-refractivity contribution is 5.74. The van der Waals surface area contributed by atoms with E-state index in [9.17, 15) is 0 Å². The largest absolute Gasteiger partial charge is 0.345 e. The van der Waals surface area contributed by atoms with E-state index in [1.807, 2.05) is 38.1 Å². The molecule has 0 spiro atoms. The fourth-order valence-corrected chi connectivity index (χ4v) is 2.81. The molecule has 8 nitrogen and oxygen atoms in total. The van der Waals surface area contributed by atoms with Gasteiger partial charge in [0, 0.05) is 16.5 Å². The van der Waals surface area contributed by atoms with Gasteiger partial charge < -0.3 is 14.0 Å². The van der Waals surface area contributed by atoms with Crippen molar-refractivity contribution in [3.63, 3.8) is 0 Å². The highest BCUT2D eigenvalue weighted by Crippen LogP contribution is 2.41. The van der Waals surface area contributed by atoms with Gasteiger partial charge in [-0.15, -0.1) is 10.2 Å². The first-order valence-corrected chi connectivity index (χ1v) is 7.19. The number of nitrogens with one attached hydrogen (secondary N) is 1. The third-order valence-electron chi connectivity index (χ3n) is 4.47. The van der Waals surface area contributed by atoms with Gasteiger partial charge in [-0.3, -0.25) is 0 Å². The Morgan fingerprint density at radius 2 is 1.70 bits per heavy atom. The summed E-state index contributed by atoms with van der Waals surface area (Å²) in [6.07, 6.45) is 3.02. The van der Waals surface area contributed by atoms with Crippen molar-refractivity contribution in [2.45, 2.75) is 25.2 Å². The van der Waals surface area contributed by atoms with E-state index in [1.165, 1.54) is 12.5 Å². The fourth-order valence-electron chi connectivity index (χ4n) is 2.81. The van der Waals surface area contributed by atoms with E-state index in [0.29, 0.717) is 11.4 Å². The number of hydrogen-bond acceptors (Lipinski definition) is 7. The first-order valence-electron chi connectivity index (χ1n) is 7.19. The van der Waals surface area contributed by atoms with Gasteiger partial charge in [0.2, 0.25) is 0 Å². The molecular formula is C15H14N6O2. The number of hydrogen-bond donors (Lipinski definition) is 1. The van der Waals surface area contributed by atoms with E-state index in [1.54, 1.807) is 0 Å². The maximum Gasteiger partial charge on any atom is 0.148 e. The minimum atomic E-state index is -0.645. The summed E-state index contributed by atoms with van der Waals surface area (Å²) < 4.78 is 9.87. The summed E-state index contributed by atoms with van der Waals surface area (Å²) in [7, 11) is 0. The third kappa shape index (κ3) is 2.02. The van der Waals surface area contributed by atoms with Crippen LogP contribution < -0.4 is 0 Å². The normalized spacial score (nSPS) is 13.5. The molecule has 4 aromatic rings. The first-order chi connectivity index (χ1) is 11.2. The number of aromatic amines is 1. The van der Waals surface area contributed by atoms with E-state index < -0.39 is 5.41 Å². The standard InChI is InChI=1S/C15H14N6O2/c1-9(14-16-10-5-3-4-6-11(10)17-14)15(2,12-7-22-20-18-12)13-8-23-21-19-13/h3-9H,1-2H3,(H,16,17). The number of fused-ring (bicyclic) bond motifs is 1. The van der Waals surface area contributed by atoms with Crippen LogP contribution in [0.25, 0.3) is 11.0 Å². The van der Waals surface area contributed by atoms with Crippen molar-refractivity contribution in [1.29, 1.82) is 0 Å². The van der Waals surface area contributed by atoms with E-state index in [4.69, 9.17) is 9.05 Å². The van der Waals surface area contributed by atoms with Gasteiger partial charge in [-0.25, -0.2) is 4.98 Å². The van der Waals surface area contributed by atoms with Crippen molar-refractivity contribution in [1.82, 2.24) is 30.7 Å². The molecule has 8 heteroatoms. The number of H-pyrrole nitrogens is 1. The Morgan fingerprint density at radius 1 is 1.04 bits per heavy atom. The van der Waals surface area contributed by atoms with Crippen LogP contribution in [-0.4, -0.2) is 30.7 Å². The molecule has 1 aromatic carbocycles. The van der Waals surface area contributed by atoms with Crippen LogP contribution in [0.1, 0.15) is 37.0 Å². The van der Waals surface area contributed by atoms with Crippen LogP contribution in [0.5, 0.6) is 0 Å². The molecule has 0 fully saturated rings. The lowest BCUT2D eigenvalue weighted by Gasteiger charge is -2.29. The average Bonchev–Trinajstić information content (AvgIpc) is 3.34. The Bertz CT molecular complexity index is 845. The van der Waals surface area contributed by atoms with Gasteiger partial charge >= 0.3 is 0 Å². The van der Waals surface area contributed by atoms with Gasteiger partial charge in [0.05, 0.1) is 16.4 Å². The molecule has 1 atom stereocenters. The quantitative estimate of drug-likeness (QED) is 0.617. The molecular weight excluding hydrogens is 296 g/mol. The van der Waals surface area contributed by atoms with Crippen LogP contribution in [0.15, 0.2) is 45.8 Å². The lowest BCUT2D eigenvalue weighted by molar-refractivity contribution is 0.392. The number of aromatic nitrogens is 6. The number of nitrogens with zero attached hydrogens (tertiary/aromatic N) is 5. The van der Waals surface area contributed by atoms with E-state index in [2.05, 4.69) is 30.7 Å². The van der Waals surface area contributed by atoms with Crippen LogP contribution in [0.2, 0.25) is 0 Å². The predicted octanol–water partition coefficient (Wildman–Crippen LogP) is 2.44. The van der Waals surface area contributed by atoms with E-state index >= 15 is 0 Å². The maximum atomic E-state index is 4.93. The Kier molecular flexibility index (Phi) is 2.97. The highest BCUT2D eigenvalue weighted by Gasteiger charge is 2.43. The van der Waals surface area contributed by atoms with Gasteiger partial charge in [0.1, 0.15) is 29.7 Å². The fraction of sp³-hybridized carbons (Fsp3) is 0.267. The van der Waals surface area contributed by atoms with Crippen LogP contribution in [0.4, 0.5) is 0 Å². The van der Waals surface area contributed by atoms with Crippen molar-refractivity contribution in [3.05, 3.63) is 54.0 Å². The maximum absolute atomic E-state index is 4.93. The number of benzene rings is 1. The van der Waals surface area contributed by atoms with E-state index in [0.717, 1.165) is 16.9 Å². The summed E-state index contributed by atoms with van der Waals surface area (Å²) in [5.74, 6) is 0.730. The molecule has 4 rings (SSSR count). The van der Waals surface area contributed by atoms with Gasteiger partial charge in [-0.1, -0.05) is 19.1 Å². The van der Waals surface area contributed by atoms with E-state index in [-0.39, 0.29) is 5.92 Å². The number of para-hydroxylation sites is 2. The Morgan fingerprint density at radius 3 is 2.26 bits per heavy atom. The molecule has 3 aromatic heterocycles. The number of rotatable bonds is 4. The summed E-state index contributed by atoms with van der Waals surface area (Å²) in [6, 6.07) is 7.89. The van der Waals surface area contributed by atoms with Crippen molar-refractivity contribution in [2.75, 3.05) is 0 Å². The minimum absolute atomic E-state index is 0.0892. The van der Waals surface area contributed by atoms with Crippen LogP contribution >= 0.6 is 0 Å². The van der Waals surface area contributed by atoms with Gasteiger partial charge in [0.15, 0.2) is 0 Å².